The van der Waals surface area contributed by atoms with Gasteiger partial charge in [0.25, 0.3) is 0 Å². The smallest absolute Gasteiger partial charge is 0.328 e. The number of benzene rings is 1. The van der Waals surface area contributed by atoms with Crippen molar-refractivity contribution in [3.63, 3.8) is 0 Å². The molecule has 0 aromatic heterocycles. The molecule has 0 aliphatic carbocycles. The normalized spacial score (nSPS) is 14.2. The summed E-state index contributed by atoms with van der Waals surface area (Å²) in [6, 6.07) is 2.73. The molecule has 2 amide bonds. The van der Waals surface area contributed by atoms with Crippen LogP contribution in [0.15, 0.2) is 18.2 Å². The maximum absolute atomic E-state index is 11.6. The molecule has 0 saturated heterocycles. The molecule has 0 saturated carbocycles. The lowest BCUT2D eigenvalue weighted by molar-refractivity contribution is -0.140. The van der Waals surface area contributed by atoms with Gasteiger partial charge >= 0.3 is 12.0 Å². The van der Waals surface area contributed by atoms with E-state index in [2.05, 4.69) is 10.6 Å². The number of urea groups is 1. The van der Waals surface area contributed by atoms with E-state index >= 15 is 0 Å². The fourth-order valence-electron chi connectivity index (χ4n) is 1.63. The topological polar surface area (TPSA) is 117 Å². The van der Waals surface area contributed by atoms with Gasteiger partial charge in [0.15, 0.2) is 17.5 Å². The van der Waals surface area contributed by atoms with Crippen molar-refractivity contribution in [1.82, 2.24) is 5.32 Å². The van der Waals surface area contributed by atoms with E-state index in [0.29, 0.717) is 30.4 Å². The third-order valence-corrected chi connectivity index (χ3v) is 2.59. The maximum Gasteiger partial charge on any atom is 0.328 e. The Hall–Kier alpha value is -2.48. The van der Waals surface area contributed by atoms with E-state index in [-0.39, 0.29) is 0 Å². The van der Waals surface area contributed by atoms with Gasteiger partial charge in [0, 0.05) is 11.8 Å². The Kier molecular flexibility index (Phi) is 4.26. The van der Waals surface area contributed by atoms with E-state index in [1.807, 2.05) is 0 Å². The van der Waals surface area contributed by atoms with Crippen LogP contribution in [0.3, 0.4) is 0 Å². The van der Waals surface area contributed by atoms with E-state index < -0.39 is 24.6 Å². The Bertz CT molecular complexity index is 519. The average Bonchev–Trinajstić information content (AvgIpc) is 2.44. The third kappa shape index (κ3) is 3.29. The van der Waals surface area contributed by atoms with Gasteiger partial charge in [-0.1, -0.05) is 0 Å². The van der Waals surface area contributed by atoms with Crippen LogP contribution in [0.25, 0.3) is 0 Å². The highest BCUT2D eigenvalue weighted by Gasteiger charge is 2.19. The van der Waals surface area contributed by atoms with Gasteiger partial charge in [0.2, 0.25) is 0 Å². The summed E-state index contributed by atoms with van der Waals surface area (Å²) >= 11 is 0. The first-order valence-corrected chi connectivity index (χ1v) is 5.91. The van der Waals surface area contributed by atoms with Gasteiger partial charge in [-0.3, -0.25) is 0 Å². The van der Waals surface area contributed by atoms with Crippen LogP contribution in [0.2, 0.25) is 0 Å². The summed E-state index contributed by atoms with van der Waals surface area (Å²) in [5, 5.41) is 22.1. The van der Waals surface area contributed by atoms with Crippen LogP contribution in [0.1, 0.15) is 0 Å². The quantitative estimate of drug-likeness (QED) is 0.618. The number of amides is 2. The number of carbonyl (C=O) groups excluding carboxylic acids is 1. The van der Waals surface area contributed by atoms with E-state index in [9.17, 15) is 9.59 Å². The summed E-state index contributed by atoms with van der Waals surface area (Å²) in [6.07, 6.45) is 0. The molecular weight excluding hydrogens is 268 g/mol. The lowest BCUT2D eigenvalue weighted by atomic mass is 10.2. The number of hydrogen-bond acceptors (Lipinski definition) is 5. The van der Waals surface area contributed by atoms with Gasteiger partial charge in [-0.05, 0) is 12.1 Å². The number of carboxylic acids is 1. The zero-order valence-corrected chi connectivity index (χ0v) is 10.5. The zero-order chi connectivity index (χ0) is 14.5. The van der Waals surface area contributed by atoms with Gasteiger partial charge in [0.1, 0.15) is 13.2 Å². The molecule has 0 bridgehead atoms. The maximum atomic E-state index is 11.6. The largest absolute Gasteiger partial charge is 0.486 e. The number of aliphatic carboxylic acids is 1. The van der Waals surface area contributed by atoms with E-state index in [4.69, 9.17) is 19.7 Å². The summed E-state index contributed by atoms with van der Waals surface area (Å²) < 4.78 is 10.7. The molecule has 1 aliphatic rings. The van der Waals surface area contributed by atoms with Gasteiger partial charge in [-0.2, -0.15) is 0 Å². The number of carboxylic acid groups (broad SMARTS) is 1. The summed E-state index contributed by atoms with van der Waals surface area (Å²) in [5.74, 6) is -0.225. The highest BCUT2D eigenvalue weighted by molar-refractivity contribution is 5.92. The van der Waals surface area contributed by atoms with Crippen LogP contribution < -0.4 is 20.1 Å². The minimum Gasteiger partial charge on any atom is -0.486 e. The van der Waals surface area contributed by atoms with Crippen molar-refractivity contribution in [2.24, 2.45) is 0 Å². The van der Waals surface area contributed by atoms with Crippen molar-refractivity contribution in [2.45, 2.75) is 6.04 Å². The summed E-state index contributed by atoms with van der Waals surface area (Å²) in [5.41, 5.74) is 0.425. The lowest BCUT2D eigenvalue weighted by Gasteiger charge is -2.19. The number of ether oxygens (including phenoxy) is 2. The SMILES string of the molecule is O=C(Nc1ccc2c(c1)OCCO2)N[C@H](CO)C(=O)O. The van der Waals surface area contributed by atoms with Gasteiger partial charge in [0.05, 0.1) is 6.61 Å². The summed E-state index contributed by atoms with van der Waals surface area (Å²) in [4.78, 5) is 22.3. The first-order valence-electron chi connectivity index (χ1n) is 5.91. The molecule has 1 aromatic carbocycles. The molecule has 1 aromatic rings. The zero-order valence-electron chi connectivity index (χ0n) is 10.5. The number of rotatable bonds is 4. The minimum atomic E-state index is -1.35. The molecule has 20 heavy (non-hydrogen) atoms. The van der Waals surface area contributed by atoms with E-state index in [1.165, 1.54) is 0 Å². The second-order valence-electron chi connectivity index (χ2n) is 4.03. The first kappa shape index (κ1) is 13.9. The van der Waals surface area contributed by atoms with Gasteiger partial charge < -0.3 is 30.3 Å². The van der Waals surface area contributed by atoms with Crippen molar-refractivity contribution in [2.75, 3.05) is 25.1 Å². The van der Waals surface area contributed by atoms with Crippen LogP contribution in [0.4, 0.5) is 10.5 Å². The predicted octanol–water partition coefficient (Wildman–Crippen LogP) is 0.0248. The lowest BCUT2D eigenvalue weighted by Crippen LogP contribution is -2.45. The molecule has 2 rings (SSSR count). The fraction of sp³-hybridized carbons (Fsp3) is 0.333. The van der Waals surface area contributed by atoms with Crippen LogP contribution in [0, 0.1) is 0 Å². The van der Waals surface area contributed by atoms with E-state index in [1.54, 1.807) is 18.2 Å². The first-order chi connectivity index (χ1) is 9.60. The number of aliphatic hydroxyl groups excluding tert-OH is 1. The average molecular weight is 282 g/mol. The van der Waals surface area contributed by atoms with Crippen LogP contribution in [-0.4, -0.2) is 48.1 Å². The molecular formula is C12H14N2O6. The Morgan fingerprint density at radius 3 is 2.60 bits per heavy atom. The minimum absolute atomic E-state index is 0.425. The fourth-order valence-corrected chi connectivity index (χ4v) is 1.63. The van der Waals surface area contributed by atoms with Crippen LogP contribution in [-0.2, 0) is 4.79 Å². The van der Waals surface area contributed by atoms with Crippen molar-refractivity contribution < 1.29 is 29.3 Å². The second kappa shape index (κ2) is 6.11. The number of fused-ring (bicyclic) bond motifs is 1. The van der Waals surface area contributed by atoms with Crippen LogP contribution >= 0.6 is 0 Å². The molecule has 108 valence electrons. The molecule has 1 aliphatic heterocycles. The van der Waals surface area contributed by atoms with E-state index in [0.717, 1.165) is 0 Å². The Morgan fingerprint density at radius 2 is 1.95 bits per heavy atom. The molecule has 1 atom stereocenters. The second-order valence-corrected chi connectivity index (χ2v) is 4.03. The van der Waals surface area contributed by atoms with Gasteiger partial charge in [-0.15, -0.1) is 0 Å². The van der Waals surface area contributed by atoms with Crippen molar-refractivity contribution in [1.29, 1.82) is 0 Å². The Balaban J connectivity index is 1.99. The third-order valence-electron chi connectivity index (χ3n) is 2.59. The number of aliphatic hydroxyl groups is 1. The number of hydrogen-bond donors (Lipinski definition) is 4. The molecule has 0 unspecified atom stereocenters. The Labute approximate surface area is 114 Å². The highest BCUT2D eigenvalue weighted by Crippen LogP contribution is 2.32. The Morgan fingerprint density at radius 1 is 1.25 bits per heavy atom. The van der Waals surface area contributed by atoms with Crippen molar-refractivity contribution >= 4 is 17.7 Å². The number of anilines is 1. The molecule has 8 heteroatoms. The molecule has 1 heterocycles. The molecule has 0 radical (unpaired) electrons. The molecule has 0 spiro atoms. The summed E-state index contributed by atoms with van der Waals surface area (Å²) in [7, 11) is 0. The monoisotopic (exact) mass is 282 g/mol. The van der Waals surface area contributed by atoms with Crippen LogP contribution in [0.5, 0.6) is 11.5 Å². The summed E-state index contributed by atoms with van der Waals surface area (Å²) in [6.45, 7) is 0.204. The van der Waals surface area contributed by atoms with Gasteiger partial charge in [-0.25, -0.2) is 9.59 Å². The molecule has 4 N–H and O–H groups in total. The number of carbonyl (C=O) groups is 2. The molecule has 0 fully saturated rings. The highest BCUT2D eigenvalue weighted by atomic mass is 16.6. The number of nitrogens with one attached hydrogen (secondary N) is 2. The van der Waals surface area contributed by atoms with Crippen molar-refractivity contribution in [3.05, 3.63) is 18.2 Å². The van der Waals surface area contributed by atoms with Crippen molar-refractivity contribution in [3.8, 4) is 11.5 Å². The predicted molar refractivity (Wildman–Crippen MR) is 68.1 cm³/mol. The molecule has 8 nitrogen and oxygen atoms in total. The standard InChI is InChI=1S/C12H14N2O6/c15-6-8(11(16)17)14-12(18)13-7-1-2-9-10(5-7)20-4-3-19-9/h1-2,5,8,15H,3-4,6H2,(H,16,17)(H2,13,14,18)/t8-/m1/s1.